The minimum absolute atomic E-state index is 0. The molecule has 5 fully saturated rings. The topological polar surface area (TPSA) is 405 Å². The first-order valence-electron chi connectivity index (χ1n) is 19.4. The van der Waals surface area contributed by atoms with Crippen LogP contribution in [0, 0.1) is 9.81 Å². The van der Waals surface area contributed by atoms with Gasteiger partial charge in [-0.2, -0.15) is 0 Å². The number of carbonyl (C=O) groups excluding carboxylic acids is 13. The molecule has 5 aliphatic rings. The molecule has 0 spiro atoms. The minimum atomic E-state index is -4.99. The number of aromatic hydroxyl groups is 1. The molecule has 1 atom stereocenters. The summed E-state index contributed by atoms with van der Waals surface area (Å²) in [5.41, 5.74) is 0.707. The predicted octanol–water partition coefficient (Wildman–Crippen LogP) is -7.26. The number of hydrogen-bond donors (Lipinski definition) is 1. The molecule has 5 heterocycles. The third-order valence-electron chi connectivity index (χ3n) is 8.89. The number of nitrogens with zero attached hydrogens (tertiary/aromatic N) is 8. The maximum atomic E-state index is 12.2. The summed E-state index contributed by atoms with van der Waals surface area (Å²) in [5, 5.41) is 8.18. The van der Waals surface area contributed by atoms with Crippen LogP contribution in [0.5, 0.6) is 5.75 Å². The van der Waals surface area contributed by atoms with Gasteiger partial charge in [-0.1, -0.05) is 12.1 Å². The summed E-state index contributed by atoms with van der Waals surface area (Å²) >= 11 is 0. The second-order valence-electron chi connectivity index (χ2n) is 14.1. The van der Waals surface area contributed by atoms with Crippen molar-refractivity contribution < 1.29 is 144 Å². The average Bonchev–Trinajstić information content (AvgIpc) is 4.03. The van der Waals surface area contributed by atoms with Gasteiger partial charge in [0, 0.05) is 45.4 Å². The van der Waals surface area contributed by atoms with Gasteiger partial charge in [-0.25, -0.2) is 37.2 Å². The molecular formula is C35H37N8NaO24S+2. The van der Waals surface area contributed by atoms with Crippen LogP contribution in [0.4, 0.5) is 0 Å². The maximum absolute atomic E-state index is 12.2. The summed E-state index contributed by atoms with van der Waals surface area (Å²) in [6.45, 7) is -2.05. The quantitative estimate of drug-likeness (QED) is 0.0738. The number of phenols is 1. The Morgan fingerprint density at radius 1 is 0.623 bits per heavy atom. The molecule has 1 N–H and O–H groups in total. The molecule has 32 nitrogen and oxygen atoms in total. The van der Waals surface area contributed by atoms with Crippen molar-refractivity contribution in [3.05, 3.63) is 39.6 Å². The van der Waals surface area contributed by atoms with Gasteiger partial charge in [-0.15, -0.1) is 20.3 Å². The van der Waals surface area contributed by atoms with Gasteiger partial charge in [0.15, 0.2) is 0 Å². The Morgan fingerprint density at radius 2 is 1.00 bits per heavy atom. The van der Waals surface area contributed by atoms with E-state index in [0.29, 0.717) is 10.6 Å². The van der Waals surface area contributed by atoms with E-state index in [1.54, 1.807) is 12.1 Å². The van der Waals surface area contributed by atoms with Gasteiger partial charge in [0.25, 0.3) is 47.3 Å². The van der Waals surface area contributed by atoms with E-state index >= 15 is 0 Å². The van der Waals surface area contributed by atoms with Crippen molar-refractivity contribution in [2.24, 2.45) is 0 Å². The molecule has 0 bridgehead atoms. The molecular weight excluding hydrogens is 971 g/mol. The number of phenolic OH excluding ortho intramolecular Hbond substituents is 1. The largest absolute Gasteiger partial charge is 1.00 e. The summed E-state index contributed by atoms with van der Waals surface area (Å²) in [6.07, 6.45) is -1.21. The zero-order valence-electron chi connectivity index (χ0n) is 36.1. The number of carbonyl (C=O) groups is 13. The second kappa shape index (κ2) is 24.7. The number of hydrazine groups is 2. The third kappa shape index (κ3) is 16.2. The number of imide groups is 4. The molecule has 0 saturated carbocycles. The predicted molar refractivity (Wildman–Crippen MR) is 201 cm³/mol. The van der Waals surface area contributed by atoms with E-state index in [1.807, 2.05) is 0 Å². The molecule has 8 amide bonds. The van der Waals surface area contributed by atoms with Gasteiger partial charge in [-0.05, 0) is 24.1 Å². The standard InChI is InChI=1S/C16H18N6O12.C13H13NO8S.C6H7NO4.Na/c23-10-1-2-11(24)20(10)32-14(27)7-17(8-15(28)33-21-12(25)3-4-13(21)26)9-16(29)34-22-18(30)5-6-19(22)31;15-9-4-1-8(2-5-9)3-6-12(17)22-14-11(16)7-10(13(14)18)23(19,20)21;1-4(8)11-7-5(9)2-3-6(7)10;/h1-9H2;1-2,4-5,10,15H,3,6-7H2,(H,19,20,21);2-3H2,1H3;/q+2;;;+1/p-1. The molecule has 1 unspecified atom stereocenters. The van der Waals surface area contributed by atoms with E-state index in [-0.39, 0.29) is 130 Å². The Balaban J connectivity index is 0.000000309. The van der Waals surface area contributed by atoms with E-state index in [4.69, 9.17) is 5.11 Å². The maximum Gasteiger partial charge on any atom is 1.00 e. The molecule has 366 valence electrons. The van der Waals surface area contributed by atoms with Crippen LogP contribution in [0.15, 0.2) is 24.3 Å². The Bertz CT molecular complexity index is 2260. The first kappa shape index (κ1) is 56.1. The SMILES string of the molecule is CC(=O)ON1C(=O)CCC1=O.O=C(CCc1ccc(O)cc1)ON1C(=O)CC(S(=O)(=O)[O-])C1=O.O=C(CN(CC(=O)ON1C(=O)CCC1=O)CC(=O)ON1[N+](=O)CC[N+]1=O)ON1C(=O)CCC1=O.[Na+]. The minimum Gasteiger partial charge on any atom is -0.747 e. The molecule has 1 aromatic carbocycles. The van der Waals surface area contributed by atoms with Crippen LogP contribution in [0.1, 0.15) is 63.9 Å². The Labute approximate surface area is 408 Å². The van der Waals surface area contributed by atoms with Crippen LogP contribution >= 0.6 is 0 Å². The van der Waals surface area contributed by atoms with E-state index in [9.17, 15) is 85.1 Å². The number of nitroso groups, excluding NO2 is 2. The van der Waals surface area contributed by atoms with E-state index in [0.717, 1.165) is 11.8 Å². The fourth-order valence-corrected chi connectivity index (χ4v) is 6.39. The van der Waals surface area contributed by atoms with Crippen molar-refractivity contribution in [3.8, 4) is 5.75 Å². The molecule has 1 aromatic rings. The first-order chi connectivity index (χ1) is 31.8. The van der Waals surface area contributed by atoms with Crippen LogP contribution in [-0.4, -0.2) is 173 Å². The molecule has 34 heteroatoms. The molecule has 0 radical (unpaired) electrons. The van der Waals surface area contributed by atoms with E-state index < -0.39 is 119 Å². The van der Waals surface area contributed by atoms with Crippen LogP contribution in [0.2, 0.25) is 0 Å². The Morgan fingerprint density at radius 3 is 1.38 bits per heavy atom. The zero-order chi connectivity index (χ0) is 50.6. The fourth-order valence-electron chi connectivity index (χ4n) is 5.70. The van der Waals surface area contributed by atoms with Crippen molar-refractivity contribution in [1.82, 2.24) is 30.4 Å². The molecule has 0 aliphatic carbocycles. The monoisotopic (exact) mass is 1010 g/mol. The summed E-state index contributed by atoms with van der Waals surface area (Å²) in [4.78, 5) is 196. The van der Waals surface area contributed by atoms with Crippen molar-refractivity contribution >= 4 is 87.2 Å². The molecule has 5 saturated heterocycles. The number of rotatable bonds is 15. The van der Waals surface area contributed by atoms with Crippen molar-refractivity contribution in [1.29, 1.82) is 0 Å². The van der Waals surface area contributed by atoms with Crippen LogP contribution < -0.4 is 29.6 Å². The van der Waals surface area contributed by atoms with Gasteiger partial charge in [0.05, 0.1) is 22.7 Å². The second-order valence-corrected chi connectivity index (χ2v) is 15.7. The van der Waals surface area contributed by atoms with Crippen molar-refractivity contribution in [3.63, 3.8) is 0 Å². The van der Waals surface area contributed by atoms with Gasteiger partial charge >= 0.3 is 77.8 Å². The fraction of sp³-hybridized carbons (Fsp3) is 0.457. The summed E-state index contributed by atoms with van der Waals surface area (Å²) in [7, 11) is -4.99. The van der Waals surface area contributed by atoms with Crippen molar-refractivity contribution in [2.75, 3.05) is 32.7 Å². The molecule has 5 aliphatic heterocycles. The van der Waals surface area contributed by atoms with E-state index in [1.165, 1.54) is 12.1 Å². The van der Waals surface area contributed by atoms with Crippen molar-refractivity contribution in [2.45, 2.75) is 70.0 Å². The number of aryl methyl sites for hydroxylation is 1. The van der Waals surface area contributed by atoms with Gasteiger partial charge in [0.2, 0.25) is 9.74 Å². The number of benzene rings is 1. The van der Waals surface area contributed by atoms with Crippen LogP contribution in [0.25, 0.3) is 0 Å². The average molecular weight is 1010 g/mol. The van der Waals surface area contributed by atoms with E-state index in [2.05, 4.69) is 24.2 Å². The number of hydrogen-bond acceptors (Lipinski definition) is 25. The van der Waals surface area contributed by atoms with Crippen LogP contribution in [0.3, 0.4) is 0 Å². The van der Waals surface area contributed by atoms with Gasteiger partial charge in [0.1, 0.15) is 40.8 Å². The summed E-state index contributed by atoms with van der Waals surface area (Å²) in [6, 6.07) is 6.01. The summed E-state index contributed by atoms with van der Waals surface area (Å²) in [5.74, 6) is -11.6. The Kier molecular flexibility index (Phi) is 20.1. The smallest absolute Gasteiger partial charge is 0.747 e. The third-order valence-corrected chi connectivity index (χ3v) is 9.95. The summed E-state index contributed by atoms with van der Waals surface area (Å²) < 4.78 is 32.5. The zero-order valence-corrected chi connectivity index (χ0v) is 38.9. The molecule has 69 heavy (non-hydrogen) atoms. The number of hydroxylamine groups is 8. The number of amides is 8. The normalized spacial score (nSPS) is 18.0. The van der Waals surface area contributed by atoms with Gasteiger partial charge < -0.3 is 29.0 Å². The Hall–Kier alpha value is -7.20. The van der Waals surface area contributed by atoms with Gasteiger partial charge in [-0.3, -0.25) is 43.3 Å². The molecule has 6 rings (SSSR count). The molecule has 0 aromatic heterocycles. The van der Waals surface area contributed by atoms with Crippen LogP contribution in [-0.2, 0) is 103 Å². The first-order valence-corrected chi connectivity index (χ1v) is 20.9.